The lowest BCUT2D eigenvalue weighted by Crippen LogP contribution is -2.20. The fourth-order valence-corrected chi connectivity index (χ4v) is 2.75. The van der Waals surface area contributed by atoms with E-state index < -0.39 is 33.6 Å². The molecule has 0 fully saturated rings. The summed E-state index contributed by atoms with van der Waals surface area (Å²) >= 11 is 0. The van der Waals surface area contributed by atoms with Crippen molar-refractivity contribution in [3.8, 4) is 0 Å². The first-order valence-electron chi connectivity index (χ1n) is 8.10. The van der Waals surface area contributed by atoms with E-state index in [1.165, 1.54) is 6.07 Å². The second-order valence-electron chi connectivity index (χ2n) is 6.08. The van der Waals surface area contributed by atoms with Crippen LogP contribution in [0.3, 0.4) is 0 Å². The summed E-state index contributed by atoms with van der Waals surface area (Å²) in [6, 6.07) is 1.06. The number of rotatable bonds is 9. The minimum absolute atomic E-state index is 0.00607. The van der Waals surface area contributed by atoms with Crippen LogP contribution < -0.4 is 5.32 Å². The van der Waals surface area contributed by atoms with E-state index in [2.05, 4.69) is 5.32 Å². The SMILES string of the molecule is CCC(CC)Nc1c([N+](=O)[O-])cc(C(C)C)c(CC(=O)O)c1[N+](=O)[O-]. The molecule has 0 saturated carbocycles. The molecule has 0 atom stereocenters. The molecule has 0 spiro atoms. The third-order valence-electron chi connectivity index (χ3n) is 4.08. The summed E-state index contributed by atoms with van der Waals surface area (Å²) in [7, 11) is 0. The number of carboxylic acid groups (broad SMARTS) is 1. The molecule has 0 saturated heterocycles. The Kier molecular flexibility index (Phi) is 6.84. The fourth-order valence-electron chi connectivity index (χ4n) is 2.75. The van der Waals surface area contributed by atoms with E-state index in [-0.39, 0.29) is 23.2 Å². The van der Waals surface area contributed by atoms with E-state index in [4.69, 9.17) is 5.11 Å². The maximum atomic E-state index is 11.7. The van der Waals surface area contributed by atoms with Gasteiger partial charge in [0.1, 0.15) is 0 Å². The number of carboxylic acids is 1. The van der Waals surface area contributed by atoms with E-state index in [9.17, 15) is 25.0 Å². The van der Waals surface area contributed by atoms with Crippen molar-refractivity contribution in [3.05, 3.63) is 37.4 Å². The lowest BCUT2D eigenvalue weighted by molar-refractivity contribution is -0.392. The minimum atomic E-state index is -1.23. The average molecular weight is 353 g/mol. The van der Waals surface area contributed by atoms with Crippen molar-refractivity contribution in [3.63, 3.8) is 0 Å². The number of carbonyl (C=O) groups is 1. The maximum absolute atomic E-state index is 11.7. The summed E-state index contributed by atoms with van der Waals surface area (Å²) < 4.78 is 0. The van der Waals surface area contributed by atoms with Gasteiger partial charge in [-0.15, -0.1) is 0 Å². The van der Waals surface area contributed by atoms with Gasteiger partial charge >= 0.3 is 11.7 Å². The van der Waals surface area contributed by atoms with Crippen molar-refractivity contribution in [2.45, 2.75) is 58.9 Å². The molecule has 25 heavy (non-hydrogen) atoms. The number of hydrogen-bond donors (Lipinski definition) is 2. The number of nitro benzene ring substituents is 2. The van der Waals surface area contributed by atoms with Crippen molar-refractivity contribution < 1.29 is 19.7 Å². The van der Waals surface area contributed by atoms with Crippen molar-refractivity contribution in [1.29, 1.82) is 0 Å². The zero-order valence-corrected chi connectivity index (χ0v) is 14.7. The van der Waals surface area contributed by atoms with Gasteiger partial charge in [0.05, 0.1) is 16.3 Å². The number of hydrogen-bond acceptors (Lipinski definition) is 6. The van der Waals surface area contributed by atoms with Gasteiger partial charge in [-0.1, -0.05) is 27.7 Å². The Bertz CT molecular complexity index is 683. The highest BCUT2D eigenvalue weighted by Crippen LogP contribution is 2.42. The highest BCUT2D eigenvalue weighted by molar-refractivity contribution is 5.82. The Morgan fingerprint density at radius 3 is 2.12 bits per heavy atom. The molecule has 0 bridgehead atoms. The Balaban J connectivity index is 3.84. The van der Waals surface area contributed by atoms with Crippen LogP contribution in [0.25, 0.3) is 0 Å². The third kappa shape index (κ3) is 4.65. The third-order valence-corrected chi connectivity index (χ3v) is 4.08. The van der Waals surface area contributed by atoms with Crippen LogP contribution in [0.15, 0.2) is 6.07 Å². The normalized spacial score (nSPS) is 11.0. The number of nitrogens with zero attached hydrogens (tertiary/aromatic N) is 2. The van der Waals surface area contributed by atoms with Crippen LogP contribution in [0.5, 0.6) is 0 Å². The highest BCUT2D eigenvalue weighted by Gasteiger charge is 2.34. The zero-order chi connectivity index (χ0) is 19.3. The molecule has 9 nitrogen and oxygen atoms in total. The van der Waals surface area contributed by atoms with Gasteiger partial charge in [0.15, 0.2) is 5.69 Å². The van der Waals surface area contributed by atoms with Crippen LogP contribution in [0.2, 0.25) is 0 Å². The van der Waals surface area contributed by atoms with Crippen molar-refractivity contribution in [2.24, 2.45) is 0 Å². The topological polar surface area (TPSA) is 136 Å². The second kappa shape index (κ2) is 8.41. The fraction of sp³-hybridized carbons (Fsp3) is 0.562. The molecule has 0 amide bonds. The first-order chi connectivity index (χ1) is 11.6. The monoisotopic (exact) mass is 353 g/mol. The average Bonchev–Trinajstić information content (AvgIpc) is 2.50. The van der Waals surface area contributed by atoms with Gasteiger partial charge in [-0.3, -0.25) is 25.0 Å². The van der Waals surface area contributed by atoms with Crippen LogP contribution >= 0.6 is 0 Å². The summed E-state index contributed by atoms with van der Waals surface area (Å²) in [5.41, 5.74) is -0.838. The van der Waals surface area contributed by atoms with E-state index in [1.54, 1.807) is 13.8 Å². The van der Waals surface area contributed by atoms with Crippen molar-refractivity contribution >= 4 is 23.0 Å². The molecule has 1 rings (SSSR count). The molecule has 0 heterocycles. The van der Waals surface area contributed by atoms with Gasteiger partial charge in [0, 0.05) is 17.7 Å². The Morgan fingerprint density at radius 2 is 1.76 bits per heavy atom. The molecule has 0 unspecified atom stereocenters. The summed E-state index contributed by atoms with van der Waals surface area (Å²) in [6.45, 7) is 7.14. The summed E-state index contributed by atoms with van der Waals surface area (Å²) in [4.78, 5) is 33.0. The Morgan fingerprint density at radius 1 is 1.20 bits per heavy atom. The molecule has 0 aliphatic carbocycles. The Hall–Kier alpha value is -2.71. The first kappa shape index (κ1) is 20.3. The first-order valence-corrected chi connectivity index (χ1v) is 8.10. The molecular formula is C16H23N3O6. The van der Waals surface area contributed by atoms with E-state index in [0.29, 0.717) is 18.4 Å². The number of benzene rings is 1. The van der Waals surface area contributed by atoms with Crippen LogP contribution in [0.1, 0.15) is 57.6 Å². The summed E-state index contributed by atoms with van der Waals surface area (Å²) in [5.74, 6) is -1.53. The number of aliphatic carboxylic acids is 1. The molecule has 9 heteroatoms. The number of nitro groups is 2. The molecule has 1 aromatic rings. The standard InChI is InChI=1S/C16H23N3O6/c1-5-10(6-2)17-15-13(18(22)23)7-11(9(3)4)12(8-14(20)21)16(15)19(24)25/h7,9-10,17H,5-6,8H2,1-4H3,(H,20,21). The van der Waals surface area contributed by atoms with Gasteiger partial charge in [0.25, 0.3) is 5.69 Å². The number of nitrogens with one attached hydrogen (secondary N) is 1. The van der Waals surface area contributed by atoms with Gasteiger partial charge in [0.2, 0.25) is 0 Å². The van der Waals surface area contributed by atoms with E-state index in [0.717, 1.165) is 0 Å². The smallest absolute Gasteiger partial charge is 0.308 e. The summed E-state index contributed by atoms with van der Waals surface area (Å²) in [5, 5.41) is 35.2. The summed E-state index contributed by atoms with van der Waals surface area (Å²) in [6.07, 6.45) is 0.662. The van der Waals surface area contributed by atoms with Gasteiger partial charge in [-0.2, -0.15) is 0 Å². The Labute approximate surface area is 145 Å². The molecule has 138 valence electrons. The lowest BCUT2D eigenvalue weighted by Gasteiger charge is -2.19. The molecule has 0 aliphatic rings. The lowest BCUT2D eigenvalue weighted by atomic mass is 9.91. The van der Waals surface area contributed by atoms with Crippen LogP contribution in [-0.2, 0) is 11.2 Å². The van der Waals surface area contributed by atoms with Crippen molar-refractivity contribution in [2.75, 3.05) is 5.32 Å². The minimum Gasteiger partial charge on any atom is -0.481 e. The van der Waals surface area contributed by atoms with E-state index in [1.807, 2.05) is 13.8 Å². The quantitative estimate of drug-likeness (QED) is 0.508. The van der Waals surface area contributed by atoms with Crippen LogP contribution in [-0.4, -0.2) is 27.0 Å². The molecule has 0 radical (unpaired) electrons. The largest absolute Gasteiger partial charge is 0.481 e. The van der Waals surface area contributed by atoms with Crippen LogP contribution in [0.4, 0.5) is 17.1 Å². The maximum Gasteiger partial charge on any atom is 0.308 e. The van der Waals surface area contributed by atoms with Gasteiger partial charge < -0.3 is 10.4 Å². The van der Waals surface area contributed by atoms with Crippen molar-refractivity contribution in [1.82, 2.24) is 0 Å². The van der Waals surface area contributed by atoms with Gasteiger partial charge in [-0.05, 0) is 24.3 Å². The zero-order valence-electron chi connectivity index (χ0n) is 14.7. The molecule has 1 aromatic carbocycles. The molecule has 0 aromatic heterocycles. The predicted molar refractivity (Wildman–Crippen MR) is 93.2 cm³/mol. The predicted octanol–water partition coefficient (Wildman–Crippen LogP) is 3.85. The number of anilines is 1. The second-order valence-corrected chi connectivity index (χ2v) is 6.08. The van der Waals surface area contributed by atoms with Crippen LogP contribution in [0, 0.1) is 20.2 Å². The molecular weight excluding hydrogens is 330 g/mol. The molecule has 2 N–H and O–H groups in total. The molecule has 0 aliphatic heterocycles. The van der Waals surface area contributed by atoms with E-state index >= 15 is 0 Å². The highest BCUT2D eigenvalue weighted by atomic mass is 16.6. The van der Waals surface area contributed by atoms with Gasteiger partial charge in [-0.25, -0.2) is 0 Å².